The topological polar surface area (TPSA) is 76.7 Å². The molecule has 2 aromatic rings. The summed E-state index contributed by atoms with van der Waals surface area (Å²) in [4.78, 5) is 12.8. The lowest BCUT2D eigenvalue weighted by Gasteiger charge is -2.05. The fourth-order valence-corrected chi connectivity index (χ4v) is 1.48. The smallest absolute Gasteiger partial charge is 0.223 e. The van der Waals surface area contributed by atoms with E-state index >= 15 is 0 Å². The highest BCUT2D eigenvalue weighted by Gasteiger charge is 2.01. The van der Waals surface area contributed by atoms with Gasteiger partial charge in [-0.25, -0.2) is 9.97 Å². The number of hydrogen-bond acceptors (Lipinski definition) is 5. The number of anilines is 1. The van der Waals surface area contributed by atoms with E-state index in [0.29, 0.717) is 18.2 Å². The van der Waals surface area contributed by atoms with Gasteiger partial charge in [0.2, 0.25) is 5.95 Å². The zero-order chi connectivity index (χ0) is 13.0. The van der Waals surface area contributed by atoms with Gasteiger partial charge < -0.3 is 11.1 Å². The van der Waals surface area contributed by atoms with E-state index in [4.69, 9.17) is 18.0 Å². The summed E-state index contributed by atoms with van der Waals surface area (Å²) in [5.41, 5.74) is 8.12. The SMILES string of the molecule is Cc1ccc(CNc2nccc(C(N)=S)n2)cn1. The van der Waals surface area contributed by atoms with Crippen LogP contribution < -0.4 is 11.1 Å². The van der Waals surface area contributed by atoms with Crippen LogP contribution in [0.1, 0.15) is 17.0 Å². The van der Waals surface area contributed by atoms with Gasteiger partial charge in [-0.2, -0.15) is 0 Å². The molecule has 92 valence electrons. The molecule has 18 heavy (non-hydrogen) atoms. The van der Waals surface area contributed by atoms with Gasteiger partial charge in [-0.1, -0.05) is 18.3 Å². The van der Waals surface area contributed by atoms with Crippen molar-refractivity contribution in [3.05, 3.63) is 47.5 Å². The Balaban J connectivity index is 2.04. The summed E-state index contributed by atoms with van der Waals surface area (Å²) in [5.74, 6) is 0.501. The van der Waals surface area contributed by atoms with Crippen LogP contribution in [0.2, 0.25) is 0 Å². The van der Waals surface area contributed by atoms with Crippen LogP contribution in [0.15, 0.2) is 30.6 Å². The van der Waals surface area contributed by atoms with E-state index in [1.54, 1.807) is 12.3 Å². The van der Waals surface area contributed by atoms with Crippen molar-refractivity contribution in [1.29, 1.82) is 0 Å². The van der Waals surface area contributed by atoms with Gasteiger partial charge in [0.25, 0.3) is 0 Å². The van der Waals surface area contributed by atoms with E-state index in [1.165, 1.54) is 0 Å². The number of rotatable bonds is 4. The minimum atomic E-state index is 0.262. The van der Waals surface area contributed by atoms with Gasteiger partial charge in [0.1, 0.15) is 10.7 Å². The Kier molecular flexibility index (Phi) is 3.78. The number of thiocarbonyl (C=S) groups is 1. The number of aryl methyl sites for hydroxylation is 1. The minimum absolute atomic E-state index is 0.262. The average Bonchev–Trinajstić information content (AvgIpc) is 2.38. The van der Waals surface area contributed by atoms with E-state index in [0.717, 1.165) is 11.3 Å². The molecule has 0 spiro atoms. The van der Waals surface area contributed by atoms with Crippen LogP contribution in [0.25, 0.3) is 0 Å². The van der Waals surface area contributed by atoms with Crippen molar-refractivity contribution in [2.75, 3.05) is 5.32 Å². The summed E-state index contributed by atoms with van der Waals surface area (Å²) in [6, 6.07) is 5.65. The highest BCUT2D eigenvalue weighted by molar-refractivity contribution is 7.80. The Hall–Kier alpha value is -2.08. The maximum atomic E-state index is 5.51. The van der Waals surface area contributed by atoms with Crippen molar-refractivity contribution in [1.82, 2.24) is 15.0 Å². The molecule has 0 radical (unpaired) electrons. The third-order valence-corrected chi connectivity index (χ3v) is 2.54. The minimum Gasteiger partial charge on any atom is -0.388 e. The number of pyridine rings is 1. The first kappa shape index (κ1) is 12.4. The molecule has 5 nitrogen and oxygen atoms in total. The largest absolute Gasteiger partial charge is 0.388 e. The molecule has 6 heteroatoms. The van der Waals surface area contributed by atoms with Gasteiger partial charge in [0.05, 0.1) is 0 Å². The molecule has 0 saturated carbocycles. The highest BCUT2D eigenvalue weighted by atomic mass is 32.1. The average molecular weight is 259 g/mol. The first-order chi connectivity index (χ1) is 8.65. The molecule has 0 fully saturated rings. The molecule has 3 N–H and O–H groups in total. The van der Waals surface area contributed by atoms with E-state index in [9.17, 15) is 0 Å². The zero-order valence-electron chi connectivity index (χ0n) is 9.92. The molecule has 0 aliphatic carbocycles. The molecule has 2 aromatic heterocycles. The number of nitrogens with one attached hydrogen (secondary N) is 1. The van der Waals surface area contributed by atoms with Crippen molar-refractivity contribution in [2.45, 2.75) is 13.5 Å². The number of aromatic nitrogens is 3. The molecule has 0 atom stereocenters. The first-order valence-corrected chi connectivity index (χ1v) is 5.84. The summed E-state index contributed by atoms with van der Waals surface area (Å²) in [7, 11) is 0. The summed E-state index contributed by atoms with van der Waals surface area (Å²) in [6.07, 6.45) is 3.44. The monoisotopic (exact) mass is 259 g/mol. The first-order valence-electron chi connectivity index (χ1n) is 5.43. The molecule has 0 unspecified atom stereocenters. The molecule has 0 aromatic carbocycles. The van der Waals surface area contributed by atoms with E-state index in [1.807, 2.05) is 25.3 Å². The van der Waals surface area contributed by atoms with E-state index in [2.05, 4.69) is 20.3 Å². The van der Waals surface area contributed by atoms with Gasteiger partial charge >= 0.3 is 0 Å². The van der Waals surface area contributed by atoms with Crippen LogP contribution in [0.4, 0.5) is 5.95 Å². The van der Waals surface area contributed by atoms with Crippen LogP contribution in [-0.4, -0.2) is 19.9 Å². The van der Waals surface area contributed by atoms with Gasteiger partial charge in [-0.3, -0.25) is 4.98 Å². The standard InChI is InChI=1S/C12H13N5S/c1-8-2-3-9(6-15-8)7-16-12-14-5-4-10(17-12)11(13)18/h2-6H,7H2,1H3,(H2,13,18)(H,14,16,17). The van der Waals surface area contributed by atoms with Gasteiger partial charge in [-0.15, -0.1) is 0 Å². The van der Waals surface area contributed by atoms with Gasteiger partial charge in [0.15, 0.2) is 0 Å². The number of nitrogens with two attached hydrogens (primary N) is 1. The summed E-state index contributed by atoms with van der Waals surface area (Å²) >= 11 is 4.86. The van der Waals surface area contributed by atoms with Gasteiger partial charge in [0, 0.05) is 24.6 Å². The lowest BCUT2D eigenvalue weighted by molar-refractivity contribution is 1.03. The van der Waals surface area contributed by atoms with Crippen LogP contribution in [0.3, 0.4) is 0 Å². The number of nitrogens with zero attached hydrogens (tertiary/aromatic N) is 3. The Morgan fingerprint density at radius 2 is 2.17 bits per heavy atom. The van der Waals surface area contributed by atoms with Crippen LogP contribution >= 0.6 is 12.2 Å². The molecule has 0 aliphatic heterocycles. The molecular formula is C12H13N5S. The van der Waals surface area contributed by atoms with Crippen molar-refractivity contribution in [2.24, 2.45) is 5.73 Å². The normalized spacial score (nSPS) is 10.1. The maximum absolute atomic E-state index is 5.51. The van der Waals surface area contributed by atoms with Crippen LogP contribution in [0, 0.1) is 6.92 Å². The fourth-order valence-electron chi connectivity index (χ4n) is 1.37. The van der Waals surface area contributed by atoms with Crippen LogP contribution in [-0.2, 0) is 6.54 Å². The van der Waals surface area contributed by atoms with Crippen LogP contribution in [0.5, 0.6) is 0 Å². The lowest BCUT2D eigenvalue weighted by Crippen LogP contribution is -2.13. The molecule has 0 saturated heterocycles. The summed E-state index contributed by atoms with van der Waals surface area (Å²) < 4.78 is 0. The molecule has 0 aliphatic rings. The van der Waals surface area contributed by atoms with E-state index in [-0.39, 0.29) is 4.99 Å². The molecule has 0 amide bonds. The van der Waals surface area contributed by atoms with Crippen molar-refractivity contribution in [3.8, 4) is 0 Å². The molecule has 2 rings (SSSR count). The second-order valence-electron chi connectivity index (χ2n) is 3.79. The van der Waals surface area contributed by atoms with Gasteiger partial charge in [-0.05, 0) is 24.6 Å². The number of hydrogen-bond donors (Lipinski definition) is 2. The lowest BCUT2D eigenvalue weighted by atomic mass is 10.2. The quantitative estimate of drug-likeness (QED) is 0.809. The summed E-state index contributed by atoms with van der Waals surface area (Å²) in [5, 5.41) is 3.10. The third kappa shape index (κ3) is 3.21. The Bertz CT molecular complexity index is 553. The molecular weight excluding hydrogens is 246 g/mol. The predicted molar refractivity (Wildman–Crippen MR) is 74.2 cm³/mol. The van der Waals surface area contributed by atoms with Crippen molar-refractivity contribution in [3.63, 3.8) is 0 Å². The zero-order valence-corrected chi connectivity index (χ0v) is 10.7. The fraction of sp³-hybridized carbons (Fsp3) is 0.167. The third-order valence-electron chi connectivity index (χ3n) is 2.33. The molecule has 0 bridgehead atoms. The molecule has 2 heterocycles. The van der Waals surface area contributed by atoms with Crippen molar-refractivity contribution >= 4 is 23.2 Å². The Morgan fingerprint density at radius 3 is 2.83 bits per heavy atom. The maximum Gasteiger partial charge on any atom is 0.223 e. The second kappa shape index (κ2) is 5.50. The second-order valence-corrected chi connectivity index (χ2v) is 4.23. The van der Waals surface area contributed by atoms with E-state index < -0.39 is 0 Å². The Morgan fingerprint density at radius 1 is 1.33 bits per heavy atom. The van der Waals surface area contributed by atoms with Crippen molar-refractivity contribution < 1.29 is 0 Å². The predicted octanol–water partition coefficient (Wildman–Crippen LogP) is 1.43. The highest BCUT2D eigenvalue weighted by Crippen LogP contribution is 2.04. The Labute approximate surface area is 110 Å². The summed E-state index contributed by atoms with van der Waals surface area (Å²) in [6.45, 7) is 2.56.